The van der Waals surface area contributed by atoms with Gasteiger partial charge >= 0.3 is 5.97 Å². The van der Waals surface area contributed by atoms with Crippen LogP contribution in [0.15, 0.2) is 77.4 Å². The monoisotopic (exact) mass is 587 g/mol. The van der Waals surface area contributed by atoms with E-state index in [1.807, 2.05) is 55.5 Å². The second-order valence-corrected chi connectivity index (χ2v) is 11.0. The number of carboxylic acid groups (broad SMARTS) is 1. The number of hydrogen-bond acceptors (Lipinski definition) is 5. The fourth-order valence-electron chi connectivity index (χ4n) is 6.28. The van der Waals surface area contributed by atoms with Gasteiger partial charge in [-0.2, -0.15) is 0 Å². The number of amides is 2. The fraction of sp³-hybridized carbons (Fsp3) is 0.233. The number of aliphatic carboxylic acids is 1. The van der Waals surface area contributed by atoms with E-state index in [4.69, 9.17) is 4.74 Å². The molecule has 0 aliphatic carbocycles. The Morgan fingerprint density at radius 2 is 1.82 bits per heavy atom. The zero-order chi connectivity index (χ0) is 27.5. The van der Waals surface area contributed by atoms with E-state index in [9.17, 15) is 19.5 Å². The summed E-state index contributed by atoms with van der Waals surface area (Å²) in [4.78, 5) is 46.0. The van der Waals surface area contributed by atoms with Crippen molar-refractivity contribution in [2.24, 2.45) is 11.8 Å². The van der Waals surface area contributed by atoms with Gasteiger partial charge in [0.1, 0.15) is 11.3 Å². The highest BCUT2D eigenvalue weighted by Crippen LogP contribution is 2.53. The zero-order valence-corrected chi connectivity index (χ0v) is 22.9. The van der Waals surface area contributed by atoms with E-state index < -0.39 is 41.2 Å². The number of halogens is 1. The molecule has 4 unspecified atom stereocenters. The van der Waals surface area contributed by atoms with E-state index in [0.29, 0.717) is 17.0 Å². The van der Waals surface area contributed by atoms with Crippen LogP contribution in [0.3, 0.4) is 0 Å². The first-order valence-electron chi connectivity index (χ1n) is 12.6. The molecule has 198 valence electrons. The first-order chi connectivity index (χ1) is 18.8. The highest BCUT2D eigenvalue weighted by molar-refractivity contribution is 9.10. The Morgan fingerprint density at radius 3 is 2.56 bits per heavy atom. The summed E-state index contributed by atoms with van der Waals surface area (Å²) in [6.45, 7) is 1.83. The van der Waals surface area contributed by atoms with E-state index in [1.54, 1.807) is 24.4 Å². The zero-order valence-electron chi connectivity index (χ0n) is 21.3. The number of ether oxygens (including phenoxy) is 1. The van der Waals surface area contributed by atoms with E-state index in [1.165, 1.54) is 12.0 Å². The van der Waals surface area contributed by atoms with Crippen molar-refractivity contribution in [2.45, 2.75) is 24.9 Å². The number of aromatic nitrogens is 1. The Bertz CT molecular complexity index is 1650. The van der Waals surface area contributed by atoms with E-state index in [0.717, 1.165) is 26.5 Å². The first kappa shape index (κ1) is 25.3. The summed E-state index contributed by atoms with van der Waals surface area (Å²) in [5, 5.41) is 15.0. The van der Waals surface area contributed by atoms with Gasteiger partial charge < -0.3 is 14.8 Å². The number of hydrogen-bond donors (Lipinski definition) is 3. The maximum absolute atomic E-state index is 14.2. The Labute approximate surface area is 233 Å². The molecule has 0 bridgehead atoms. The summed E-state index contributed by atoms with van der Waals surface area (Å²) in [6.07, 6.45) is 1.78. The summed E-state index contributed by atoms with van der Waals surface area (Å²) in [5.74, 6) is -3.75. The lowest BCUT2D eigenvalue weighted by molar-refractivity contribution is -0.148. The van der Waals surface area contributed by atoms with Gasteiger partial charge in [-0.15, -0.1) is 0 Å². The normalized spacial score (nSPS) is 24.4. The van der Waals surface area contributed by atoms with Gasteiger partial charge in [-0.25, -0.2) is 4.90 Å². The molecule has 3 N–H and O–H groups in total. The predicted octanol–water partition coefficient (Wildman–Crippen LogP) is 4.76. The Morgan fingerprint density at radius 1 is 1.08 bits per heavy atom. The van der Waals surface area contributed by atoms with Gasteiger partial charge in [0.25, 0.3) is 0 Å². The van der Waals surface area contributed by atoms with Crippen LogP contribution < -0.4 is 15.0 Å². The molecule has 1 aromatic heterocycles. The average molecular weight is 588 g/mol. The quantitative estimate of drug-likeness (QED) is 0.280. The van der Waals surface area contributed by atoms with Crippen molar-refractivity contribution >= 4 is 50.3 Å². The number of benzene rings is 3. The summed E-state index contributed by atoms with van der Waals surface area (Å²) < 4.78 is 6.37. The summed E-state index contributed by atoms with van der Waals surface area (Å²) in [5.41, 5.74) is 1.68. The third-order valence-electron chi connectivity index (χ3n) is 8.06. The minimum absolute atomic E-state index is 0.000956. The number of carbonyl (C=O) groups excluding carboxylic acids is 2. The van der Waals surface area contributed by atoms with Gasteiger partial charge in [0, 0.05) is 39.6 Å². The molecular formula is C30H26BrN3O5. The van der Waals surface area contributed by atoms with Gasteiger partial charge in [-0.3, -0.25) is 19.7 Å². The Balaban J connectivity index is 1.55. The number of aryl methyl sites for hydroxylation is 1. The topological polar surface area (TPSA) is 112 Å². The van der Waals surface area contributed by atoms with E-state index in [-0.39, 0.29) is 6.42 Å². The number of para-hydroxylation sites is 2. The molecule has 0 spiro atoms. The van der Waals surface area contributed by atoms with Gasteiger partial charge in [-0.1, -0.05) is 52.3 Å². The fourth-order valence-corrected chi connectivity index (χ4v) is 6.66. The molecule has 39 heavy (non-hydrogen) atoms. The van der Waals surface area contributed by atoms with Crippen molar-refractivity contribution in [2.75, 3.05) is 12.0 Å². The molecule has 3 heterocycles. The molecule has 2 amide bonds. The molecule has 2 aliphatic heterocycles. The number of fused-ring (bicyclic) bond motifs is 2. The molecular weight excluding hydrogens is 562 g/mol. The molecule has 4 atom stereocenters. The molecule has 2 aliphatic rings. The summed E-state index contributed by atoms with van der Waals surface area (Å²) in [6, 6.07) is 19.4. The van der Waals surface area contributed by atoms with Crippen LogP contribution in [0.2, 0.25) is 0 Å². The minimum Gasteiger partial charge on any atom is -0.496 e. The summed E-state index contributed by atoms with van der Waals surface area (Å²) in [7, 11) is 1.52. The molecule has 0 radical (unpaired) electrons. The van der Waals surface area contributed by atoms with Crippen LogP contribution in [-0.2, 0) is 20.8 Å². The number of methoxy groups -OCH3 is 1. The van der Waals surface area contributed by atoms with Crippen LogP contribution in [-0.4, -0.2) is 40.5 Å². The smallest absolute Gasteiger partial charge is 0.325 e. The Hall–Kier alpha value is -3.95. The number of carboxylic acids is 1. The van der Waals surface area contributed by atoms with Crippen molar-refractivity contribution in [3.8, 4) is 5.75 Å². The first-order valence-corrected chi connectivity index (χ1v) is 13.4. The molecule has 3 aromatic carbocycles. The SMILES string of the molecule is COc1ccc(Br)cc1C1NC(Cc2c[nH]c3ccccc23)(C(=O)O)C2C(=O)N(c3ccccc3C)C(=O)C12. The van der Waals surface area contributed by atoms with Crippen LogP contribution in [0, 0.1) is 18.8 Å². The highest BCUT2D eigenvalue weighted by atomic mass is 79.9. The lowest BCUT2D eigenvalue weighted by atomic mass is 9.76. The van der Waals surface area contributed by atoms with Crippen LogP contribution in [0.4, 0.5) is 5.69 Å². The average Bonchev–Trinajstić information content (AvgIpc) is 3.57. The predicted molar refractivity (Wildman–Crippen MR) is 150 cm³/mol. The van der Waals surface area contributed by atoms with Gasteiger partial charge in [0.15, 0.2) is 0 Å². The maximum Gasteiger partial charge on any atom is 0.325 e. The van der Waals surface area contributed by atoms with E-state index in [2.05, 4.69) is 26.2 Å². The summed E-state index contributed by atoms with van der Waals surface area (Å²) >= 11 is 3.50. The van der Waals surface area contributed by atoms with Gasteiger partial charge in [-0.05, 0) is 48.4 Å². The minimum atomic E-state index is -1.75. The molecule has 2 fully saturated rings. The number of H-pyrrole nitrogens is 1. The third-order valence-corrected chi connectivity index (χ3v) is 8.56. The van der Waals surface area contributed by atoms with Gasteiger partial charge in [0.05, 0.1) is 24.6 Å². The molecule has 6 rings (SSSR count). The maximum atomic E-state index is 14.2. The number of nitrogens with zero attached hydrogens (tertiary/aromatic N) is 1. The van der Waals surface area contributed by atoms with Crippen molar-refractivity contribution < 1.29 is 24.2 Å². The second-order valence-electron chi connectivity index (χ2n) is 10.1. The third kappa shape index (κ3) is 3.79. The van der Waals surface area contributed by atoms with Crippen molar-refractivity contribution in [1.29, 1.82) is 0 Å². The second kappa shape index (κ2) is 9.36. The van der Waals surface area contributed by atoms with Crippen molar-refractivity contribution in [3.05, 3.63) is 94.1 Å². The van der Waals surface area contributed by atoms with Crippen LogP contribution in [0.25, 0.3) is 10.9 Å². The number of aromatic amines is 1. The molecule has 2 saturated heterocycles. The van der Waals surface area contributed by atoms with Crippen LogP contribution in [0.1, 0.15) is 22.7 Å². The molecule has 8 nitrogen and oxygen atoms in total. The van der Waals surface area contributed by atoms with Gasteiger partial charge in [0.2, 0.25) is 11.8 Å². The van der Waals surface area contributed by atoms with Crippen LogP contribution >= 0.6 is 15.9 Å². The number of imide groups is 1. The number of rotatable bonds is 6. The largest absolute Gasteiger partial charge is 0.496 e. The van der Waals surface area contributed by atoms with Crippen molar-refractivity contribution in [1.82, 2.24) is 10.3 Å². The molecule has 4 aromatic rings. The van der Waals surface area contributed by atoms with Crippen molar-refractivity contribution in [3.63, 3.8) is 0 Å². The van der Waals surface area contributed by atoms with Crippen LogP contribution in [0.5, 0.6) is 5.75 Å². The number of nitrogens with one attached hydrogen (secondary N) is 2. The number of carbonyl (C=O) groups is 3. The lowest BCUT2D eigenvalue weighted by Crippen LogP contribution is -2.57. The molecule has 0 saturated carbocycles. The highest BCUT2D eigenvalue weighted by Gasteiger charge is 2.69. The standard InChI is InChI=1S/C30H26BrN3O5/c1-16-7-3-6-10-22(16)34-27(35)24-25(28(34)36)30(29(37)38,14-17-15-32-21-9-5-4-8-19(17)21)33-26(24)20-13-18(31)11-12-23(20)39-2/h3-13,15,24-26,32-33H,14H2,1-2H3,(H,37,38). The lowest BCUT2D eigenvalue weighted by Gasteiger charge is -2.31. The molecule has 9 heteroatoms. The number of anilines is 1. The van der Waals surface area contributed by atoms with E-state index >= 15 is 0 Å². The Kier molecular flexibility index (Phi) is 6.08.